The van der Waals surface area contributed by atoms with E-state index in [4.69, 9.17) is 0 Å². The van der Waals surface area contributed by atoms with Gasteiger partial charge in [-0.1, -0.05) is 12.8 Å². The Morgan fingerprint density at radius 1 is 1.22 bits per heavy atom. The Kier molecular flexibility index (Phi) is 5.92. The first kappa shape index (κ1) is 15.8. The van der Waals surface area contributed by atoms with E-state index in [0.717, 1.165) is 13.0 Å². The highest BCUT2D eigenvalue weighted by molar-refractivity contribution is 4.82. The van der Waals surface area contributed by atoms with E-state index in [2.05, 4.69) is 5.32 Å². The predicted octanol–water partition coefficient (Wildman–Crippen LogP) is 2.89. The monoisotopic (exact) mass is 266 g/mol. The summed E-state index contributed by atoms with van der Waals surface area (Å²) in [6.45, 7) is 3.36. The summed E-state index contributed by atoms with van der Waals surface area (Å²) in [5.74, 6) is -1.35. The quantitative estimate of drug-likeness (QED) is 0.823. The smallest absolute Gasteiger partial charge is 0.313 e. The summed E-state index contributed by atoms with van der Waals surface area (Å²) < 4.78 is 38.7. The van der Waals surface area contributed by atoms with E-state index in [9.17, 15) is 13.2 Å². The van der Waals surface area contributed by atoms with Gasteiger partial charge in [-0.2, -0.15) is 13.2 Å². The number of hydrogen-bond donors (Lipinski definition) is 1. The summed E-state index contributed by atoms with van der Waals surface area (Å²) in [5, 5.41) is 3.24. The molecule has 0 aromatic heterocycles. The Morgan fingerprint density at radius 2 is 1.83 bits per heavy atom. The van der Waals surface area contributed by atoms with E-state index in [1.165, 1.54) is 0 Å². The van der Waals surface area contributed by atoms with Gasteiger partial charge in [-0.25, -0.2) is 0 Å². The number of hydrogen-bond acceptors (Lipinski definition) is 2. The number of nitrogens with one attached hydrogen (secondary N) is 1. The van der Waals surface area contributed by atoms with E-state index in [1.54, 1.807) is 0 Å². The maximum absolute atomic E-state index is 12.9. The molecule has 0 heterocycles. The van der Waals surface area contributed by atoms with Crippen LogP contribution in [0.2, 0.25) is 0 Å². The van der Waals surface area contributed by atoms with Crippen molar-refractivity contribution < 1.29 is 13.2 Å². The molecule has 1 fully saturated rings. The Labute approximate surface area is 108 Å². The van der Waals surface area contributed by atoms with Crippen LogP contribution in [0.1, 0.15) is 32.6 Å². The lowest BCUT2D eigenvalue weighted by Crippen LogP contribution is -2.43. The molecule has 5 heteroatoms. The highest BCUT2D eigenvalue weighted by Gasteiger charge is 2.45. The van der Waals surface area contributed by atoms with Crippen LogP contribution >= 0.6 is 0 Å². The molecule has 18 heavy (non-hydrogen) atoms. The Balaban J connectivity index is 2.43. The van der Waals surface area contributed by atoms with Crippen molar-refractivity contribution in [2.75, 3.05) is 27.2 Å². The minimum Gasteiger partial charge on any atom is -0.313 e. The van der Waals surface area contributed by atoms with Crippen LogP contribution in [0.25, 0.3) is 0 Å². The summed E-state index contributed by atoms with van der Waals surface area (Å²) in [6.07, 6.45) is -1.38. The van der Waals surface area contributed by atoms with Gasteiger partial charge in [0.2, 0.25) is 0 Å². The van der Waals surface area contributed by atoms with Crippen molar-refractivity contribution in [2.45, 2.75) is 44.8 Å². The van der Waals surface area contributed by atoms with E-state index >= 15 is 0 Å². The molecule has 1 rings (SSSR count). The van der Waals surface area contributed by atoms with Gasteiger partial charge in [0.15, 0.2) is 0 Å². The molecule has 0 saturated heterocycles. The Morgan fingerprint density at radius 3 is 2.39 bits per heavy atom. The lowest BCUT2D eigenvalue weighted by Gasteiger charge is -2.34. The Bertz CT molecular complexity index is 241. The summed E-state index contributed by atoms with van der Waals surface area (Å²) in [5.41, 5.74) is 0. The third kappa shape index (κ3) is 5.14. The number of rotatable bonds is 5. The van der Waals surface area contributed by atoms with Crippen molar-refractivity contribution >= 4 is 0 Å². The first-order valence-electron chi connectivity index (χ1n) is 6.75. The number of likely N-dealkylation sites (N-methyl/N-ethyl adjacent to an activating group) is 1. The molecule has 108 valence electrons. The molecule has 0 spiro atoms. The van der Waals surface area contributed by atoms with Crippen molar-refractivity contribution in [3.63, 3.8) is 0 Å². The van der Waals surface area contributed by atoms with Crippen LogP contribution in [0.4, 0.5) is 13.2 Å². The molecule has 0 aliphatic heterocycles. The maximum atomic E-state index is 12.9. The topological polar surface area (TPSA) is 15.3 Å². The number of halogens is 3. The summed E-state index contributed by atoms with van der Waals surface area (Å²) >= 11 is 0. The minimum atomic E-state index is -4.03. The molecule has 1 aliphatic rings. The minimum absolute atomic E-state index is 0.232. The van der Waals surface area contributed by atoms with Gasteiger partial charge >= 0.3 is 6.18 Å². The van der Waals surface area contributed by atoms with Crippen LogP contribution in [0.15, 0.2) is 0 Å². The maximum Gasteiger partial charge on any atom is 0.392 e. The molecule has 1 N–H and O–H groups in total. The second-order valence-electron chi connectivity index (χ2n) is 5.76. The van der Waals surface area contributed by atoms with Gasteiger partial charge in [0.1, 0.15) is 0 Å². The van der Waals surface area contributed by atoms with Crippen molar-refractivity contribution in [1.29, 1.82) is 0 Å². The van der Waals surface area contributed by atoms with Crippen LogP contribution in [0.3, 0.4) is 0 Å². The van der Waals surface area contributed by atoms with Crippen LogP contribution < -0.4 is 5.32 Å². The lowest BCUT2D eigenvalue weighted by molar-refractivity contribution is -0.195. The van der Waals surface area contributed by atoms with Crippen LogP contribution in [-0.2, 0) is 0 Å². The standard InChI is InChI=1S/C13H25F3N2/c1-10(9-18(2)3)17-8-11-6-4-5-7-12(11)13(14,15)16/h10-12,17H,4-9H2,1-3H3. The Hall–Kier alpha value is -0.290. The van der Waals surface area contributed by atoms with Crippen molar-refractivity contribution in [3.05, 3.63) is 0 Å². The third-order valence-corrected chi connectivity index (χ3v) is 3.70. The van der Waals surface area contributed by atoms with Gasteiger partial charge in [-0.05, 0) is 46.3 Å². The predicted molar refractivity (Wildman–Crippen MR) is 67.5 cm³/mol. The molecule has 1 saturated carbocycles. The zero-order valence-corrected chi connectivity index (χ0v) is 11.6. The normalized spacial score (nSPS) is 27.5. The molecule has 0 bridgehead atoms. The largest absolute Gasteiger partial charge is 0.392 e. The van der Waals surface area contributed by atoms with E-state index in [0.29, 0.717) is 25.8 Å². The molecular formula is C13H25F3N2. The average molecular weight is 266 g/mol. The highest BCUT2D eigenvalue weighted by Crippen LogP contribution is 2.41. The lowest BCUT2D eigenvalue weighted by atomic mass is 9.78. The molecular weight excluding hydrogens is 241 g/mol. The average Bonchev–Trinajstić information content (AvgIpc) is 2.24. The fourth-order valence-corrected chi connectivity index (χ4v) is 2.85. The fourth-order valence-electron chi connectivity index (χ4n) is 2.85. The third-order valence-electron chi connectivity index (χ3n) is 3.70. The van der Waals surface area contributed by atoms with E-state index in [-0.39, 0.29) is 12.0 Å². The van der Waals surface area contributed by atoms with Crippen LogP contribution in [-0.4, -0.2) is 44.3 Å². The number of nitrogens with zero attached hydrogens (tertiary/aromatic N) is 1. The van der Waals surface area contributed by atoms with E-state index in [1.807, 2.05) is 25.9 Å². The number of alkyl halides is 3. The molecule has 3 atom stereocenters. The van der Waals surface area contributed by atoms with Gasteiger partial charge in [0, 0.05) is 12.6 Å². The van der Waals surface area contributed by atoms with Crippen LogP contribution in [0.5, 0.6) is 0 Å². The van der Waals surface area contributed by atoms with Gasteiger partial charge in [0.25, 0.3) is 0 Å². The summed E-state index contributed by atoms with van der Waals surface area (Å²) in [7, 11) is 3.94. The zero-order chi connectivity index (χ0) is 13.8. The molecule has 0 radical (unpaired) electrons. The fraction of sp³-hybridized carbons (Fsp3) is 1.00. The van der Waals surface area contributed by atoms with Gasteiger partial charge in [-0.15, -0.1) is 0 Å². The van der Waals surface area contributed by atoms with Gasteiger partial charge in [-0.3, -0.25) is 0 Å². The van der Waals surface area contributed by atoms with E-state index < -0.39 is 12.1 Å². The van der Waals surface area contributed by atoms with Crippen molar-refractivity contribution in [2.24, 2.45) is 11.8 Å². The molecule has 0 aromatic carbocycles. The van der Waals surface area contributed by atoms with Gasteiger partial charge < -0.3 is 10.2 Å². The molecule has 0 aromatic rings. The molecule has 2 nitrogen and oxygen atoms in total. The van der Waals surface area contributed by atoms with Crippen molar-refractivity contribution in [1.82, 2.24) is 10.2 Å². The second-order valence-corrected chi connectivity index (χ2v) is 5.76. The SMILES string of the molecule is CC(CN(C)C)NCC1CCCCC1C(F)(F)F. The molecule has 0 amide bonds. The first-order chi connectivity index (χ1) is 8.30. The highest BCUT2D eigenvalue weighted by atomic mass is 19.4. The zero-order valence-electron chi connectivity index (χ0n) is 11.6. The molecule has 3 unspecified atom stereocenters. The first-order valence-corrected chi connectivity index (χ1v) is 6.75. The second kappa shape index (κ2) is 6.75. The molecule has 1 aliphatic carbocycles. The van der Waals surface area contributed by atoms with Crippen molar-refractivity contribution in [3.8, 4) is 0 Å². The van der Waals surface area contributed by atoms with Gasteiger partial charge in [0.05, 0.1) is 5.92 Å². The summed E-state index contributed by atoms with van der Waals surface area (Å²) in [4.78, 5) is 2.04. The van der Waals surface area contributed by atoms with Crippen LogP contribution in [0, 0.1) is 11.8 Å². The summed E-state index contributed by atoms with van der Waals surface area (Å²) in [6, 6.07) is 0.232.